The van der Waals surface area contributed by atoms with Gasteiger partial charge in [0.05, 0.1) is 0 Å². The third kappa shape index (κ3) is 3.09. The predicted molar refractivity (Wildman–Crippen MR) is 77.1 cm³/mol. The molecule has 0 unspecified atom stereocenters. The van der Waals surface area contributed by atoms with E-state index in [1.807, 2.05) is 31.4 Å². The van der Waals surface area contributed by atoms with Gasteiger partial charge in [0.15, 0.2) is 0 Å². The molecule has 2 rings (SSSR count). The zero-order valence-corrected chi connectivity index (χ0v) is 11.7. The van der Waals surface area contributed by atoms with Gasteiger partial charge < -0.3 is 5.32 Å². The van der Waals surface area contributed by atoms with Crippen molar-refractivity contribution < 1.29 is 0 Å². The zero-order chi connectivity index (χ0) is 12.3. The fourth-order valence-corrected chi connectivity index (χ4v) is 2.85. The van der Waals surface area contributed by atoms with E-state index in [-0.39, 0.29) is 0 Å². The molecule has 0 aliphatic rings. The van der Waals surface area contributed by atoms with Gasteiger partial charge in [-0.1, -0.05) is 23.7 Å². The molecule has 0 aliphatic carbocycles. The molecule has 1 nitrogen and oxygen atoms in total. The topological polar surface area (TPSA) is 12.0 Å². The van der Waals surface area contributed by atoms with Crippen molar-refractivity contribution in [3.05, 3.63) is 45.8 Å². The first-order valence-electron chi connectivity index (χ1n) is 5.70. The Bertz CT molecular complexity index is 505. The van der Waals surface area contributed by atoms with E-state index in [0.29, 0.717) is 0 Å². The Morgan fingerprint density at radius 3 is 2.76 bits per heavy atom. The van der Waals surface area contributed by atoms with E-state index in [4.69, 9.17) is 11.6 Å². The Labute approximate surface area is 111 Å². The van der Waals surface area contributed by atoms with Crippen LogP contribution >= 0.6 is 22.9 Å². The number of aryl methyl sites for hydroxylation is 1. The van der Waals surface area contributed by atoms with E-state index in [9.17, 15) is 0 Å². The monoisotopic (exact) mass is 265 g/mol. The summed E-state index contributed by atoms with van der Waals surface area (Å²) in [5.74, 6) is 0. The van der Waals surface area contributed by atoms with Crippen LogP contribution in [0.5, 0.6) is 0 Å². The van der Waals surface area contributed by atoms with E-state index >= 15 is 0 Å². The molecule has 1 N–H and O–H groups in total. The lowest BCUT2D eigenvalue weighted by molar-refractivity contribution is 0.799. The molecule has 0 bridgehead atoms. The van der Waals surface area contributed by atoms with Crippen LogP contribution in [-0.4, -0.2) is 13.6 Å². The molecule has 3 heteroatoms. The number of hydrogen-bond acceptors (Lipinski definition) is 2. The van der Waals surface area contributed by atoms with Crippen molar-refractivity contribution in [2.75, 3.05) is 13.6 Å². The van der Waals surface area contributed by atoms with Gasteiger partial charge in [-0.05, 0) is 56.3 Å². The SMILES string of the molecule is CNCCc1ccc(-c2ccc(C)c(Cl)c2)s1. The molecule has 0 saturated heterocycles. The summed E-state index contributed by atoms with van der Waals surface area (Å²) in [5, 5.41) is 4.01. The number of nitrogens with one attached hydrogen (secondary N) is 1. The highest BCUT2D eigenvalue weighted by Crippen LogP contribution is 2.31. The van der Waals surface area contributed by atoms with Gasteiger partial charge in [-0.3, -0.25) is 0 Å². The molecule has 1 heterocycles. The van der Waals surface area contributed by atoms with Gasteiger partial charge in [0.1, 0.15) is 0 Å². The minimum absolute atomic E-state index is 0.840. The molecule has 0 spiro atoms. The number of thiophene rings is 1. The number of hydrogen-bond donors (Lipinski definition) is 1. The highest BCUT2D eigenvalue weighted by molar-refractivity contribution is 7.15. The quantitative estimate of drug-likeness (QED) is 0.876. The molecule has 0 fully saturated rings. The normalized spacial score (nSPS) is 10.8. The maximum absolute atomic E-state index is 6.15. The van der Waals surface area contributed by atoms with Crippen LogP contribution in [0.2, 0.25) is 5.02 Å². The van der Waals surface area contributed by atoms with Crippen molar-refractivity contribution in [1.29, 1.82) is 0 Å². The zero-order valence-electron chi connectivity index (χ0n) is 10.1. The second-order valence-electron chi connectivity index (χ2n) is 4.08. The molecule has 0 atom stereocenters. The molecular formula is C14H16ClNS. The van der Waals surface area contributed by atoms with Crippen LogP contribution in [0.4, 0.5) is 0 Å². The van der Waals surface area contributed by atoms with Gasteiger partial charge in [0.2, 0.25) is 0 Å². The number of halogens is 1. The van der Waals surface area contributed by atoms with Crippen molar-refractivity contribution in [2.45, 2.75) is 13.3 Å². The Balaban J connectivity index is 2.21. The van der Waals surface area contributed by atoms with Crippen molar-refractivity contribution in [2.24, 2.45) is 0 Å². The van der Waals surface area contributed by atoms with E-state index in [0.717, 1.165) is 23.6 Å². The summed E-state index contributed by atoms with van der Waals surface area (Å²) in [6.45, 7) is 3.05. The molecule has 90 valence electrons. The first-order chi connectivity index (χ1) is 8.20. The second-order valence-corrected chi connectivity index (χ2v) is 5.66. The minimum Gasteiger partial charge on any atom is -0.319 e. The first-order valence-corrected chi connectivity index (χ1v) is 6.90. The van der Waals surface area contributed by atoms with Crippen molar-refractivity contribution in [3.8, 4) is 10.4 Å². The van der Waals surface area contributed by atoms with Crippen LogP contribution in [0, 0.1) is 6.92 Å². The number of benzene rings is 1. The summed E-state index contributed by atoms with van der Waals surface area (Å²) in [4.78, 5) is 2.70. The van der Waals surface area contributed by atoms with Crippen molar-refractivity contribution in [3.63, 3.8) is 0 Å². The Kier molecular flexibility index (Phi) is 4.21. The third-order valence-electron chi connectivity index (χ3n) is 2.74. The van der Waals surface area contributed by atoms with Crippen LogP contribution in [0.1, 0.15) is 10.4 Å². The molecule has 0 amide bonds. The van der Waals surface area contributed by atoms with Crippen molar-refractivity contribution in [1.82, 2.24) is 5.32 Å². The van der Waals surface area contributed by atoms with Gasteiger partial charge in [-0.25, -0.2) is 0 Å². The number of likely N-dealkylation sites (N-methyl/N-ethyl adjacent to an activating group) is 1. The number of rotatable bonds is 4. The largest absolute Gasteiger partial charge is 0.319 e. The molecule has 0 saturated carbocycles. The highest BCUT2D eigenvalue weighted by atomic mass is 35.5. The average Bonchev–Trinajstić information content (AvgIpc) is 2.79. The van der Waals surface area contributed by atoms with Gasteiger partial charge in [0.25, 0.3) is 0 Å². The Morgan fingerprint density at radius 2 is 2.06 bits per heavy atom. The van der Waals surface area contributed by atoms with E-state index in [1.54, 1.807) is 0 Å². The summed E-state index contributed by atoms with van der Waals surface area (Å²) in [7, 11) is 1.98. The highest BCUT2D eigenvalue weighted by Gasteiger charge is 2.04. The van der Waals surface area contributed by atoms with E-state index in [2.05, 4.69) is 29.6 Å². The average molecular weight is 266 g/mol. The van der Waals surface area contributed by atoms with Crippen LogP contribution in [0.3, 0.4) is 0 Å². The lowest BCUT2D eigenvalue weighted by Crippen LogP contribution is -2.09. The fraction of sp³-hybridized carbons (Fsp3) is 0.286. The van der Waals surface area contributed by atoms with E-state index < -0.39 is 0 Å². The molecule has 0 aliphatic heterocycles. The van der Waals surface area contributed by atoms with Gasteiger partial charge in [-0.15, -0.1) is 11.3 Å². The Hall–Kier alpha value is -0.830. The molecule has 1 aromatic carbocycles. The van der Waals surface area contributed by atoms with E-state index in [1.165, 1.54) is 15.3 Å². The Morgan fingerprint density at radius 1 is 1.24 bits per heavy atom. The maximum atomic E-state index is 6.15. The molecule has 0 radical (unpaired) electrons. The van der Waals surface area contributed by atoms with Crippen LogP contribution in [0.25, 0.3) is 10.4 Å². The summed E-state index contributed by atoms with van der Waals surface area (Å²) >= 11 is 7.99. The predicted octanol–water partition coefficient (Wildman–Crippen LogP) is 4.14. The lowest BCUT2D eigenvalue weighted by atomic mass is 10.1. The summed E-state index contributed by atoms with van der Waals surface area (Å²) in [5.41, 5.74) is 2.34. The third-order valence-corrected chi connectivity index (χ3v) is 4.34. The molecule has 2 aromatic rings. The van der Waals surface area contributed by atoms with Gasteiger partial charge in [0, 0.05) is 14.8 Å². The minimum atomic E-state index is 0.840. The lowest BCUT2D eigenvalue weighted by Gasteiger charge is -2.01. The second kappa shape index (κ2) is 5.67. The maximum Gasteiger partial charge on any atom is 0.0441 e. The summed E-state index contributed by atoms with van der Waals surface area (Å²) in [6.07, 6.45) is 1.08. The summed E-state index contributed by atoms with van der Waals surface area (Å²) in [6, 6.07) is 10.6. The van der Waals surface area contributed by atoms with Crippen LogP contribution < -0.4 is 5.32 Å². The first kappa shape index (κ1) is 12.6. The fourth-order valence-electron chi connectivity index (χ4n) is 1.66. The van der Waals surface area contributed by atoms with Crippen molar-refractivity contribution >= 4 is 22.9 Å². The molecule has 1 aromatic heterocycles. The molecular weight excluding hydrogens is 250 g/mol. The summed E-state index contributed by atoms with van der Waals surface area (Å²) < 4.78 is 0. The molecule has 17 heavy (non-hydrogen) atoms. The standard InChI is InChI=1S/C14H16ClNS/c1-10-3-4-11(9-13(10)15)14-6-5-12(17-14)7-8-16-2/h3-6,9,16H,7-8H2,1-2H3. The smallest absolute Gasteiger partial charge is 0.0441 e. The van der Waals surface area contributed by atoms with Gasteiger partial charge >= 0.3 is 0 Å². The van der Waals surface area contributed by atoms with Crippen LogP contribution in [-0.2, 0) is 6.42 Å². The van der Waals surface area contributed by atoms with Gasteiger partial charge in [-0.2, -0.15) is 0 Å². The van der Waals surface area contributed by atoms with Crippen LogP contribution in [0.15, 0.2) is 30.3 Å².